The van der Waals surface area contributed by atoms with Gasteiger partial charge in [-0.3, -0.25) is 0 Å². The highest BCUT2D eigenvalue weighted by Gasteiger charge is 2.62. The van der Waals surface area contributed by atoms with Crippen LogP contribution in [0.15, 0.2) is 0 Å². The Kier molecular flexibility index (Phi) is 2.79. The maximum atomic E-state index is 6.46. The fourth-order valence-corrected chi connectivity index (χ4v) is 4.50. The number of rotatable bonds is 2. The van der Waals surface area contributed by atoms with Crippen molar-refractivity contribution in [3.05, 3.63) is 0 Å². The lowest BCUT2D eigenvalue weighted by Crippen LogP contribution is -2.43. The molecular formula is C15H27NO. The van der Waals surface area contributed by atoms with Crippen molar-refractivity contribution in [3.8, 4) is 0 Å². The summed E-state index contributed by atoms with van der Waals surface area (Å²) in [5.41, 5.74) is 0.912. The molecule has 17 heavy (non-hydrogen) atoms. The highest BCUT2D eigenvalue weighted by atomic mass is 16.5. The minimum Gasteiger partial charge on any atom is -0.373 e. The van der Waals surface area contributed by atoms with Crippen molar-refractivity contribution in [1.82, 2.24) is 5.32 Å². The molecule has 3 rings (SSSR count). The fraction of sp³-hybridized carbons (Fsp3) is 1.00. The molecule has 4 unspecified atom stereocenters. The van der Waals surface area contributed by atoms with Gasteiger partial charge in [0.05, 0.1) is 12.2 Å². The van der Waals surface area contributed by atoms with Gasteiger partial charge >= 0.3 is 0 Å². The standard InChI is InChI=1S/C15H27NO/c1-14(2)11-6-7-15(14,3)13(9-11)17-12-5-4-8-16-10-12/h11-13,16H,4-10H2,1-3H3. The second kappa shape index (κ2) is 3.96. The van der Waals surface area contributed by atoms with E-state index in [2.05, 4.69) is 26.1 Å². The third kappa shape index (κ3) is 1.67. The van der Waals surface area contributed by atoms with E-state index in [0.29, 0.717) is 23.0 Å². The molecule has 2 heteroatoms. The van der Waals surface area contributed by atoms with E-state index in [-0.39, 0.29) is 0 Å². The highest BCUT2D eigenvalue weighted by Crippen LogP contribution is 2.66. The van der Waals surface area contributed by atoms with Crippen LogP contribution in [-0.2, 0) is 4.74 Å². The minimum atomic E-state index is 0.426. The van der Waals surface area contributed by atoms with Crippen LogP contribution >= 0.6 is 0 Å². The molecule has 0 aromatic heterocycles. The van der Waals surface area contributed by atoms with E-state index in [1.165, 1.54) is 38.6 Å². The normalized spacial score (nSPS) is 48.5. The Labute approximate surface area is 105 Å². The molecule has 1 saturated heterocycles. The van der Waals surface area contributed by atoms with Crippen LogP contribution in [-0.4, -0.2) is 25.3 Å². The summed E-state index contributed by atoms with van der Waals surface area (Å²) < 4.78 is 6.46. The van der Waals surface area contributed by atoms with Gasteiger partial charge < -0.3 is 10.1 Å². The first-order valence-electron chi connectivity index (χ1n) is 7.40. The maximum absolute atomic E-state index is 6.46. The van der Waals surface area contributed by atoms with Gasteiger partial charge in [0.1, 0.15) is 0 Å². The molecule has 0 aromatic rings. The predicted octanol–water partition coefficient (Wildman–Crippen LogP) is 2.97. The molecule has 0 aromatic carbocycles. The highest BCUT2D eigenvalue weighted by molar-refractivity contribution is 5.11. The van der Waals surface area contributed by atoms with E-state index < -0.39 is 0 Å². The van der Waals surface area contributed by atoms with Crippen molar-refractivity contribution in [3.63, 3.8) is 0 Å². The van der Waals surface area contributed by atoms with Crippen molar-refractivity contribution < 1.29 is 4.74 Å². The first-order chi connectivity index (χ1) is 8.04. The smallest absolute Gasteiger partial charge is 0.0704 e. The zero-order valence-corrected chi connectivity index (χ0v) is 11.6. The molecule has 0 spiro atoms. The number of ether oxygens (including phenoxy) is 1. The number of fused-ring (bicyclic) bond motifs is 2. The molecule has 1 heterocycles. The summed E-state index contributed by atoms with van der Waals surface area (Å²) in [6, 6.07) is 0. The van der Waals surface area contributed by atoms with Crippen LogP contribution in [0.4, 0.5) is 0 Å². The second-order valence-electron chi connectivity index (χ2n) is 7.20. The number of piperidine rings is 1. The zero-order valence-electron chi connectivity index (χ0n) is 11.6. The molecule has 2 bridgehead atoms. The van der Waals surface area contributed by atoms with E-state index in [1.54, 1.807) is 0 Å². The lowest BCUT2D eigenvalue weighted by Gasteiger charge is -2.41. The van der Waals surface area contributed by atoms with Gasteiger partial charge in [-0.2, -0.15) is 0 Å². The van der Waals surface area contributed by atoms with Gasteiger partial charge in [-0.1, -0.05) is 20.8 Å². The van der Waals surface area contributed by atoms with Gasteiger partial charge in [0.2, 0.25) is 0 Å². The van der Waals surface area contributed by atoms with Crippen molar-refractivity contribution in [2.24, 2.45) is 16.7 Å². The van der Waals surface area contributed by atoms with Crippen LogP contribution in [0.2, 0.25) is 0 Å². The summed E-state index contributed by atoms with van der Waals surface area (Å²) in [5, 5.41) is 3.46. The van der Waals surface area contributed by atoms with Gasteiger partial charge in [0.15, 0.2) is 0 Å². The molecule has 1 aliphatic heterocycles. The van der Waals surface area contributed by atoms with Crippen molar-refractivity contribution in [1.29, 1.82) is 0 Å². The molecule has 1 N–H and O–H groups in total. The van der Waals surface area contributed by atoms with Crippen molar-refractivity contribution in [2.75, 3.05) is 13.1 Å². The third-order valence-corrected chi connectivity index (χ3v) is 6.32. The summed E-state index contributed by atoms with van der Waals surface area (Å²) >= 11 is 0. The molecule has 3 aliphatic rings. The fourth-order valence-electron chi connectivity index (χ4n) is 4.50. The van der Waals surface area contributed by atoms with Gasteiger partial charge in [-0.05, 0) is 55.4 Å². The first kappa shape index (κ1) is 12.0. The molecule has 3 fully saturated rings. The monoisotopic (exact) mass is 237 g/mol. The molecular weight excluding hydrogens is 210 g/mol. The summed E-state index contributed by atoms with van der Waals surface area (Å²) in [5.74, 6) is 0.897. The summed E-state index contributed by atoms with van der Waals surface area (Å²) in [6.45, 7) is 9.65. The van der Waals surface area contributed by atoms with Gasteiger partial charge in [-0.15, -0.1) is 0 Å². The van der Waals surface area contributed by atoms with Gasteiger partial charge in [0.25, 0.3) is 0 Å². The van der Waals surface area contributed by atoms with Crippen molar-refractivity contribution in [2.45, 2.75) is 65.1 Å². The van der Waals surface area contributed by atoms with E-state index in [9.17, 15) is 0 Å². The summed E-state index contributed by atoms with van der Waals surface area (Å²) in [4.78, 5) is 0. The van der Waals surface area contributed by atoms with Crippen LogP contribution in [0.5, 0.6) is 0 Å². The van der Waals surface area contributed by atoms with E-state index in [1.807, 2.05) is 0 Å². The van der Waals surface area contributed by atoms with Gasteiger partial charge in [-0.25, -0.2) is 0 Å². The first-order valence-corrected chi connectivity index (χ1v) is 7.40. The third-order valence-electron chi connectivity index (χ3n) is 6.32. The lowest BCUT2D eigenvalue weighted by atomic mass is 9.70. The Morgan fingerprint density at radius 2 is 2.00 bits per heavy atom. The van der Waals surface area contributed by atoms with E-state index >= 15 is 0 Å². The van der Waals surface area contributed by atoms with Gasteiger partial charge in [0, 0.05) is 6.54 Å². The average molecular weight is 237 g/mol. The average Bonchev–Trinajstić information content (AvgIpc) is 2.63. The molecule has 2 saturated carbocycles. The van der Waals surface area contributed by atoms with E-state index in [0.717, 1.165) is 12.5 Å². The Hall–Kier alpha value is -0.0800. The molecule has 0 amide bonds. The molecule has 4 atom stereocenters. The Balaban J connectivity index is 1.69. The maximum Gasteiger partial charge on any atom is 0.0704 e. The topological polar surface area (TPSA) is 21.3 Å². The Bertz CT molecular complexity index is 295. The lowest BCUT2D eigenvalue weighted by molar-refractivity contribution is -0.0916. The number of hydrogen-bond donors (Lipinski definition) is 1. The summed E-state index contributed by atoms with van der Waals surface area (Å²) in [6.07, 6.45) is 7.62. The zero-order chi connectivity index (χ0) is 12.1. The minimum absolute atomic E-state index is 0.426. The van der Waals surface area contributed by atoms with Crippen LogP contribution in [0.3, 0.4) is 0 Å². The summed E-state index contributed by atoms with van der Waals surface area (Å²) in [7, 11) is 0. The quantitative estimate of drug-likeness (QED) is 0.797. The number of hydrogen-bond acceptors (Lipinski definition) is 2. The number of nitrogens with one attached hydrogen (secondary N) is 1. The Morgan fingerprint density at radius 1 is 1.18 bits per heavy atom. The Morgan fingerprint density at radius 3 is 2.53 bits per heavy atom. The molecule has 2 nitrogen and oxygen atoms in total. The largest absolute Gasteiger partial charge is 0.373 e. The van der Waals surface area contributed by atoms with Crippen molar-refractivity contribution >= 4 is 0 Å². The molecule has 2 aliphatic carbocycles. The van der Waals surface area contributed by atoms with E-state index in [4.69, 9.17) is 4.74 Å². The van der Waals surface area contributed by atoms with Crippen LogP contribution in [0.1, 0.15) is 52.9 Å². The second-order valence-corrected chi connectivity index (χ2v) is 7.20. The van der Waals surface area contributed by atoms with Crippen LogP contribution in [0.25, 0.3) is 0 Å². The van der Waals surface area contributed by atoms with Crippen LogP contribution < -0.4 is 5.32 Å². The SMILES string of the molecule is CC1(C)C2CCC1(C)C(OC1CCCNC1)C2. The predicted molar refractivity (Wildman–Crippen MR) is 70.0 cm³/mol. The molecule has 0 radical (unpaired) electrons. The van der Waals surface area contributed by atoms with Crippen LogP contribution in [0, 0.1) is 16.7 Å². The molecule has 98 valence electrons.